The zero-order valence-corrected chi connectivity index (χ0v) is 16.2. The zero-order valence-electron chi connectivity index (χ0n) is 15.3. The summed E-state index contributed by atoms with van der Waals surface area (Å²) in [6.07, 6.45) is 0. The Morgan fingerprint density at radius 2 is 1.61 bits per heavy atom. The van der Waals surface area contributed by atoms with Crippen LogP contribution in [0.2, 0.25) is 0 Å². The normalized spacial score (nSPS) is 11.8. The van der Waals surface area contributed by atoms with E-state index in [1.165, 1.54) is 0 Å². The molecular formula is C17H12F6N2O5S. The minimum atomic E-state index is -5.87. The zero-order chi connectivity index (χ0) is 23.6. The Morgan fingerprint density at radius 1 is 1.03 bits per heavy atom. The number of sulfone groups is 1. The van der Waals surface area contributed by atoms with E-state index in [1.807, 2.05) is 0 Å². The van der Waals surface area contributed by atoms with Crippen LogP contribution in [0.1, 0.15) is 10.4 Å². The topological polar surface area (TPSA) is 92.8 Å². The molecule has 0 aromatic heterocycles. The quantitative estimate of drug-likeness (QED) is 0.535. The average Bonchev–Trinajstić information content (AvgIpc) is 2.65. The molecule has 168 valence electrons. The number of anilines is 1. The van der Waals surface area contributed by atoms with Gasteiger partial charge in [-0.05, 0) is 30.3 Å². The van der Waals surface area contributed by atoms with Gasteiger partial charge in [0.2, 0.25) is 0 Å². The number of ether oxygens (including phenoxy) is 1. The molecule has 0 saturated carbocycles. The number of hydrogen-bond acceptors (Lipinski definition) is 5. The second-order valence-electron chi connectivity index (χ2n) is 5.76. The summed E-state index contributed by atoms with van der Waals surface area (Å²) in [6, 6.07) is 1.93. The van der Waals surface area contributed by atoms with Crippen LogP contribution < -0.4 is 10.2 Å². The van der Waals surface area contributed by atoms with E-state index in [0.717, 1.165) is 25.3 Å². The first-order valence-corrected chi connectivity index (χ1v) is 9.46. The molecule has 0 atom stereocenters. The van der Waals surface area contributed by atoms with Crippen LogP contribution in [0.25, 0.3) is 0 Å². The summed E-state index contributed by atoms with van der Waals surface area (Å²) in [6.45, 7) is -0.763. The number of amides is 3. The molecular weight excluding hydrogens is 458 g/mol. The second-order valence-corrected chi connectivity index (χ2v) is 7.71. The highest BCUT2D eigenvalue weighted by atomic mass is 32.2. The van der Waals surface area contributed by atoms with Gasteiger partial charge in [0, 0.05) is 7.11 Å². The first kappa shape index (κ1) is 24.1. The fraction of sp³-hybridized carbons (Fsp3) is 0.176. The molecule has 0 fully saturated rings. The largest absolute Gasteiger partial charge is 0.501 e. The maximum absolute atomic E-state index is 14.4. The first-order chi connectivity index (χ1) is 14.3. The van der Waals surface area contributed by atoms with E-state index in [9.17, 15) is 44.3 Å². The Bertz CT molecular complexity index is 1100. The lowest BCUT2D eigenvalue weighted by Gasteiger charge is -2.22. The number of rotatable bonds is 5. The van der Waals surface area contributed by atoms with Crippen LogP contribution in [-0.2, 0) is 14.6 Å². The molecule has 0 spiro atoms. The number of carbonyl (C=O) groups is 2. The van der Waals surface area contributed by atoms with Gasteiger partial charge in [0.1, 0.15) is 29.7 Å². The summed E-state index contributed by atoms with van der Waals surface area (Å²) >= 11 is 0. The molecule has 0 saturated heterocycles. The molecule has 14 heteroatoms. The van der Waals surface area contributed by atoms with E-state index in [2.05, 4.69) is 4.74 Å². The maximum Gasteiger partial charge on any atom is 0.501 e. The molecule has 0 bridgehead atoms. The van der Waals surface area contributed by atoms with Crippen LogP contribution in [0.15, 0.2) is 41.3 Å². The van der Waals surface area contributed by atoms with Gasteiger partial charge >= 0.3 is 11.5 Å². The average molecular weight is 470 g/mol. The molecule has 31 heavy (non-hydrogen) atoms. The fourth-order valence-corrected chi connectivity index (χ4v) is 3.09. The van der Waals surface area contributed by atoms with E-state index in [1.54, 1.807) is 5.32 Å². The molecule has 2 aromatic rings. The summed E-state index contributed by atoms with van der Waals surface area (Å²) < 4.78 is 107. The lowest BCUT2D eigenvalue weighted by molar-refractivity contribution is -0.0436. The predicted octanol–water partition coefficient (Wildman–Crippen LogP) is 3.36. The van der Waals surface area contributed by atoms with Gasteiger partial charge in [-0.1, -0.05) is 6.07 Å². The van der Waals surface area contributed by atoms with Crippen LogP contribution in [0.3, 0.4) is 0 Å². The number of benzene rings is 2. The van der Waals surface area contributed by atoms with E-state index in [-0.39, 0.29) is 6.07 Å². The van der Waals surface area contributed by atoms with Gasteiger partial charge in [0.05, 0.1) is 10.6 Å². The number of nitrogens with zero attached hydrogens (tertiary/aromatic N) is 1. The van der Waals surface area contributed by atoms with E-state index in [4.69, 9.17) is 0 Å². The van der Waals surface area contributed by atoms with Crippen LogP contribution in [0.4, 0.5) is 36.8 Å². The highest BCUT2D eigenvalue weighted by molar-refractivity contribution is 7.92. The van der Waals surface area contributed by atoms with Crippen LogP contribution >= 0.6 is 0 Å². The summed E-state index contributed by atoms with van der Waals surface area (Å²) in [4.78, 5) is 23.3. The third-order valence-electron chi connectivity index (χ3n) is 3.74. The van der Waals surface area contributed by atoms with E-state index in [0.29, 0.717) is 17.0 Å². The number of halogens is 6. The number of urea groups is 1. The van der Waals surface area contributed by atoms with Crippen molar-refractivity contribution in [1.29, 1.82) is 0 Å². The molecule has 0 radical (unpaired) electrons. The third-order valence-corrected chi connectivity index (χ3v) is 5.22. The lowest BCUT2D eigenvalue weighted by atomic mass is 10.2. The Morgan fingerprint density at radius 3 is 2.10 bits per heavy atom. The van der Waals surface area contributed by atoms with Crippen molar-refractivity contribution >= 4 is 27.5 Å². The van der Waals surface area contributed by atoms with Gasteiger partial charge in [-0.2, -0.15) is 13.2 Å². The summed E-state index contributed by atoms with van der Waals surface area (Å²) in [5.41, 5.74) is -7.58. The number of imide groups is 1. The Hall–Kier alpha value is -3.13. The molecule has 0 heterocycles. The number of methoxy groups -OCH3 is 1. The number of alkyl halides is 3. The van der Waals surface area contributed by atoms with Gasteiger partial charge in [-0.3, -0.25) is 15.0 Å². The van der Waals surface area contributed by atoms with Crippen LogP contribution in [0.5, 0.6) is 0 Å². The molecule has 0 aliphatic rings. The number of carbonyl (C=O) groups excluding carboxylic acids is 2. The molecule has 7 nitrogen and oxygen atoms in total. The molecule has 3 amide bonds. The van der Waals surface area contributed by atoms with E-state index < -0.39 is 67.6 Å². The molecule has 2 aromatic carbocycles. The smallest absolute Gasteiger partial charge is 0.364 e. The molecule has 0 unspecified atom stereocenters. The summed E-state index contributed by atoms with van der Waals surface area (Å²) in [7, 11) is -4.83. The van der Waals surface area contributed by atoms with Crippen LogP contribution in [0, 0.1) is 17.5 Å². The van der Waals surface area contributed by atoms with Gasteiger partial charge in [-0.25, -0.2) is 26.4 Å². The van der Waals surface area contributed by atoms with Crippen molar-refractivity contribution in [3.8, 4) is 0 Å². The summed E-state index contributed by atoms with van der Waals surface area (Å²) in [5.74, 6) is -5.70. The predicted molar refractivity (Wildman–Crippen MR) is 93.2 cm³/mol. The minimum absolute atomic E-state index is 0.0203. The Labute approximate surface area is 171 Å². The first-order valence-electron chi connectivity index (χ1n) is 7.98. The Balaban J connectivity index is 2.37. The Kier molecular flexibility index (Phi) is 6.96. The van der Waals surface area contributed by atoms with Crippen molar-refractivity contribution in [3.63, 3.8) is 0 Å². The number of nitrogens with one attached hydrogen (secondary N) is 1. The molecule has 0 aliphatic heterocycles. The highest BCUT2D eigenvalue weighted by Crippen LogP contribution is 2.32. The van der Waals surface area contributed by atoms with Crippen LogP contribution in [-0.4, -0.2) is 39.7 Å². The van der Waals surface area contributed by atoms with Gasteiger partial charge in [0.15, 0.2) is 0 Å². The maximum atomic E-state index is 14.4. The van der Waals surface area contributed by atoms with Gasteiger partial charge in [-0.15, -0.1) is 0 Å². The van der Waals surface area contributed by atoms with E-state index >= 15 is 0 Å². The van der Waals surface area contributed by atoms with Crippen molar-refractivity contribution < 1.29 is 49.1 Å². The SMILES string of the molecule is COCN(C(=O)NC(=O)c1c(F)cccc1F)c1ccc(S(=O)(=O)C(F)(F)F)cc1F. The molecule has 2 rings (SSSR count). The lowest BCUT2D eigenvalue weighted by Crippen LogP contribution is -2.44. The standard InChI is InChI=1S/C17H12F6N2O5S/c1-30-8-25(16(27)24-15(26)14-10(18)3-2-4-11(14)19)13-6-5-9(7-12(13)20)31(28,29)17(21,22)23/h2-7H,8H2,1H3,(H,24,26,27). The fourth-order valence-electron chi connectivity index (χ4n) is 2.32. The van der Waals surface area contributed by atoms with Crippen molar-refractivity contribution in [1.82, 2.24) is 5.32 Å². The van der Waals surface area contributed by atoms with Crippen molar-refractivity contribution in [3.05, 3.63) is 59.4 Å². The minimum Gasteiger partial charge on any atom is -0.364 e. The second kappa shape index (κ2) is 8.93. The van der Waals surface area contributed by atoms with Crippen molar-refractivity contribution in [2.24, 2.45) is 0 Å². The van der Waals surface area contributed by atoms with Gasteiger partial charge in [0.25, 0.3) is 15.7 Å². The number of hydrogen-bond donors (Lipinski definition) is 1. The third kappa shape index (κ3) is 4.96. The summed E-state index contributed by atoms with van der Waals surface area (Å²) in [5, 5.41) is 1.58. The highest BCUT2D eigenvalue weighted by Gasteiger charge is 2.47. The molecule has 0 aliphatic carbocycles. The van der Waals surface area contributed by atoms with Crippen molar-refractivity contribution in [2.45, 2.75) is 10.4 Å². The van der Waals surface area contributed by atoms with Crippen molar-refractivity contribution in [2.75, 3.05) is 18.7 Å². The monoisotopic (exact) mass is 470 g/mol. The molecule has 1 N–H and O–H groups in total. The van der Waals surface area contributed by atoms with Gasteiger partial charge < -0.3 is 4.74 Å².